The molecule has 5 nitrogen and oxygen atoms in total. The zero-order valence-electron chi connectivity index (χ0n) is 16.3. The van der Waals surface area contributed by atoms with Crippen molar-refractivity contribution in [2.24, 2.45) is 0 Å². The SMILES string of the molecule is CCc1ccc(N2C(=O)c3ccccc3NC23C(=O)Nc2ccc(C)cc23)cc1. The van der Waals surface area contributed by atoms with Crippen molar-refractivity contribution in [1.29, 1.82) is 0 Å². The predicted octanol–water partition coefficient (Wildman–Crippen LogP) is 4.43. The Bertz CT molecular complexity index is 1150. The summed E-state index contributed by atoms with van der Waals surface area (Å²) in [6.07, 6.45) is 0.906. The highest BCUT2D eigenvalue weighted by molar-refractivity contribution is 6.22. The summed E-state index contributed by atoms with van der Waals surface area (Å²) in [7, 11) is 0. The van der Waals surface area contributed by atoms with Gasteiger partial charge >= 0.3 is 0 Å². The fourth-order valence-corrected chi connectivity index (χ4v) is 4.24. The highest BCUT2D eigenvalue weighted by Crippen LogP contribution is 2.47. The van der Waals surface area contributed by atoms with Crippen LogP contribution in [0.3, 0.4) is 0 Å². The van der Waals surface area contributed by atoms with Crippen molar-refractivity contribution in [3.63, 3.8) is 0 Å². The van der Waals surface area contributed by atoms with Crippen LogP contribution in [-0.4, -0.2) is 11.8 Å². The molecule has 1 unspecified atom stereocenters. The molecule has 2 amide bonds. The first-order valence-electron chi connectivity index (χ1n) is 9.78. The Kier molecular flexibility index (Phi) is 3.74. The number of rotatable bonds is 2. The van der Waals surface area contributed by atoms with Crippen LogP contribution in [0.4, 0.5) is 17.1 Å². The van der Waals surface area contributed by atoms with Gasteiger partial charge in [-0.2, -0.15) is 0 Å². The lowest BCUT2D eigenvalue weighted by Gasteiger charge is -2.44. The van der Waals surface area contributed by atoms with E-state index in [4.69, 9.17) is 0 Å². The maximum Gasteiger partial charge on any atom is 0.276 e. The summed E-state index contributed by atoms with van der Waals surface area (Å²) >= 11 is 0. The number of nitrogens with zero attached hydrogens (tertiary/aromatic N) is 1. The fraction of sp³-hybridized carbons (Fsp3) is 0.167. The first-order chi connectivity index (χ1) is 14.0. The van der Waals surface area contributed by atoms with Crippen molar-refractivity contribution in [3.8, 4) is 0 Å². The van der Waals surface area contributed by atoms with Crippen LogP contribution < -0.4 is 15.5 Å². The number of hydrogen-bond donors (Lipinski definition) is 2. The Labute approximate surface area is 169 Å². The molecular formula is C24H21N3O2. The Hall–Kier alpha value is -3.60. The number of nitrogens with one attached hydrogen (secondary N) is 2. The Morgan fingerprint density at radius 2 is 1.69 bits per heavy atom. The van der Waals surface area contributed by atoms with Gasteiger partial charge in [-0.15, -0.1) is 0 Å². The molecule has 2 aliphatic heterocycles. The van der Waals surface area contributed by atoms with E-state index in [0.29, 0.717) is 16.9 Å². The number of fused-ring (bicyclic) bond motifs is 3. The van der Waals surface area contributed by atoms with Gasteiger partial charge in [-0.05, 0) is 55.3 Å². The minimum absolute atomic E-state index is 0.201. The normalized spacial score (nSPS) is 19.6. The highest BCUT2D eigenvalue weighted by atomic mass is 16.2. The maximum atomic E-state index is 13.7. The summed E-state index contributed by atoms with van der Waals surface area (Å²) in [6, 6.07) is 21.0. The summed E-state index contributed by atoms with van der Waals surface area (Å²) < 4.78 is 0. The van der Waals surface area contributed by atoms with Gasteiger partial charge in [-0.25, -0.2) is 0 Å². The van der Waals surface area contributed by atoms with Gasteiger partial charge < -0.3 is 10.6 Å². The average Bonchev–Trinajstić information content (AvgIpc) is 3.00. The highest BCUT2D eigenvalue weighted by Gasteiger charge is 2.57. The third kappa shape index (κ3) is 2.40. The maximum absolute atomic E-state index is 13.7. The van der Waals surface area contributed by atoms with Crippen LogP contribution in [0.5, 0.6) is 0 Å². The number of carbonyl (C=O) groups is 2. The van der Waals surface area contributed by atoms with Gasteiger partial charge in [0.25, 0.3) is 11.8 Å². The summed E-state index contributed by atoms with van der Waals surface area (Å²) in [5, 5.41) is 6.37. The Morgan fingerprint density at radius 1 is 0.931 bits per heavy atom. The quantitative estimate of drug-likeness (QED) is 0.688. The van der Waals surface area contributed by atoms with Gasteiger partial charge in [0, 0.05) is 22.6 Å². The van der Waals surface area contributed by atoms with E-state index >= 15 is 0 Å². The lowest BCUT2D eigenvalue weighted by atomic mass is 9.91. The van der Waals surface area contributed by atoms with Crippen LogP contribution >= 0.6 is 0 Å². The van der Waals surface area contributed by atoms with Gasteiger partial charge in [-0.1, -0.05) is 42.8 Å². The largest absolute Gasteiger partial charge is 0.350 e. The molecule has 0 saturated carbocycles. The molecule has 29 heavy (non-hydrogen) atoms. The van der Waals surface area contributed by atoms with Crippen molar-refractivity contribution in [3.05, 3.63) is 89.0 Å². The van der Waals surface area contributed by atoms with Gasteiger partial charge in [-0.3, -0.25) is 14.5 Å². The third-order valence-electron chi connectivity index (χ3n) is 5.76. The second kappa shape index (κ2) is 6.21. The summed E-state index contributed by atoms with van der Waals surface area (Å²) in [6.45, 7) is 4.07. The smallest absolute Gasteiger partial charge is 0.276 e. The second-order valence-electron chi connectivity index (χ2n) is 7.54. The number of amides is 2. The number of aryl methyl sites for hydroxylation is 2. The van der Waals surface area contributed by atoms with Crippen molar-refractivity contribution >= 4 is 28.9 Å². The van der Waals surface area contributed by atoms with Crippen LogP contribution in [0.15, 0.2) is 66.7 Å². The molecule has 0 saturated heterocycles. The zero-order chi connectivity index (χ0) is 20.2. The number of hydrogen-bond acceptors (Lipinski definition) is 3. The van der Waals surface area contributed by atoms with Crippen molar-refractivity contribution in [2.45, 2.75) is 25.9 Å². The van der Waals surface area contributed by atoms with Gasteiger partial charge in [0.15, 0.2) is 0 Å². The molecule has 0 fully saturated rings. The minimum atomic E-state index is -1.33. The minimum Gasteiger partial charge on any atom is -0.350 e. The molecule has 0 aliphatic carbocycles. The summed E-state index contributed by atoms with van der Waals surface area (Å²) in [5.41, 5.74) is 4.22. The van der Waals surface area contributed by atoms with E-state index in [-0.39, 0.29) is 11.8 Å². The van der Waals surface area contributed by atoms with Crippen molar-refractivity contribution in [1.82, 2.24) is 0 Å². The predicted molar refractivity (Wildman–Crippen MR) is 114 cm³/mol. The third-order valence-corrected chi connectivity index (χ3v) is 5.76. The first kappa shape index (κ1) is 17.5. The van der Waals surface area contributed by atoms with Crippen LogP contribution in [0.2, 0.25) is 0 Å². The number of carbonyl (C=O) groups excluding carboxylic acids is 2. The lowest BCUT2D eigenvalue weighted by Crippen LogP contribution is -2.61. The van der Waals surface area contributed by atoms with Gasteiger partial charge in [0.2, 0.25) is 5.66 Å². The van der Waals surface area contributed by atoms with Gasteiger partial charge in [0.05, 0.1) is 5.56 Å². The molecule has 3 aromatic rings. The Morgan fingerprint density at radius 3 is 2.45 bits per heavy atom. The monoisotopic (exact) mass is 383 g/mol. The van der Waals surface area contributed by atoms with E-state index in [1.54, 1.807) is 11.0 Å². The molecule has 1 atom stereocenters. The molecule has 1 spiro atoms. The van der Waals surface area contributed by atoms with E-state index in [2.05, 4.69) is 17.6 Å². The van der Waals surface area contributed by atoms with Crippen LogP contribution in [0.1, 0.15) is 34.0 Å². The molecule has 2 N–H and O–H groups in total. The zero-order valence-corrected chi connectivity index (χ0v) is 16.3. The standard InChI is InChI=1S/C24H21N3O2/c1-3-16-9-11-17(12-10-16)27-22(28)18-6-4-5-7-20(18)26-24(27)19-14-15(2)8-13-21(19)25-23(24)29/h4-14,26H,3H2,1-2H3,(H,25,29). The molecule has 5 heteroatoms. The lowest BCUT2D eigenvalue weighted by molar-refractivity contribution is -0.119. The van der Waals surface area contributed by atoms with E-state index in [1.165, 1.54) is 5.56 Å². The van der Waals surface area contributed by atoms with Crippen molar-refractivity contribution in [2.75, 3.05) is 15.5 Å². The second-order valence-corrected chi connectivity index (χ2v) is 7.54. The van der Waals surface area contributed by atoms with Crippen molar-refractivity contribution < 1.29 is 9.59 Å². The molecule has 5 rings (SSSR count). The summed E-state index contributed by atoms with van der Waals surface area (Å²) in [4.78, 5) is 28.7. The molecular weight excluding hydrogens is 362 g/mol. The molecule has 0 bridgehead atoms. The first-order valence-corrected chi connectivity index (χ1v) is 9.78. The number of anilines is 3. The number of benzene rings is 3. The van der Waals surface area contributed by atoms with E-state index in [1.807, 2.05) is 67.6 Å². The van der Waals surface area contributed by atoms with E-state index in [9.17, 15) is 9.59 Å². The Balaban J connectivity index is 1.79. The topological polar surface area (TPSA) is 61.4 Å². The number of para-hydroxylation sites is 1. The summed E-state index contributed by atoms with van der Waals surface area (Å²) in [5.74, 6) is -0.464. The van der Waals surface area contributed by atoms with E-state index < -0.39 is 5.66 Å². The molecule has 3 aromatic carbocycles. The fourth-order valence-electron chi connectivity index (χ4n) is 4.24. The molecule has 2 aliphatic rings. The van der Waals surface area contributed by atoms with Crippen LogP contribution in [-0.2, 0) is 16.9 Å². The molecule has 144 valence electrons. The molecule has 0 aromatic heterocycles. The molecule has 2 heterocycles. The average molecular weight is 383 g/mol. The van der Waals surface area contributed by atoms with Crippen LogP contribution in [0, 0.1) is 6.92 Å². The van der Waals surface area contributed by atoms with E-state index in [0.717, 1.165) is 23.2 Å². The van der Waals surface area contributed by atoms with Gasteiger partial charge in [0.1, 0.15) is 0 Å². The molecule has 0 radical (unpaired) electrons. The van der Waals surface area contributed by atoms with Crippen LogP contribution in [0.25, 0.3) is 0 Å².